The molecule has 1 fully saturated rings. The Bertz CT molecular complexity index is 351. The minimum atomic E-state index is -0.170. The van der Waals surface area contributed by atoms with Gasteiger partial charge in [-0.15, -0.1) is 0 Å². The SMILES string of the molecule is CC(C)(C)N1CC(c2ncccc2F)C1. The van der Waals surface area contributed by atoms with Gasteiger partial charge in [-0.05, 0) is 32.9 Å². The molecule has 2 rings (SSSR count). The Balaban J connectivity index is 2.04. The van der Waals surface area contributed by atoms with E-state index >= 15 is 0 Å². The number of rotatable bonds is 1. The molecule has 0 spiro atoms. The smallest absolute Gasteiger partial charge is 0.145 e. The van der Waals surface area contributed by atoms with E-state index in [1.54, 1.807) is 12.3 Å². The van der Waals surface area contributed by atoms with Crippen molar-refractivity contribution in [2.24, 2.45) is 0 Å². The average molecular weight is 208 g/mol. The number of pyridine rings is 1. The van der Waals surface area contributed by atoms with E-state index in [1.807, 2.05) is 0 Å². The standard InChI is InChI=1S/C12H17FN2/c1-12(2,3)15-7-9(8-15)11-10(13)5-4-6-14-11/h4-6,9H,7-8H2,1-3H3. The average Bonchev–Trinajstić information content (AvgIpc) is 2.03. The van der Waals surface area contributed by atoms with Crippen molar-refractivity contribution in [3.63, 3.8) is 0 Å². The lowest BCUT2D eigenvalue weighted by Gasteiger charge is -2.47. The Morgan fingerprint density at radius 1 is 1.40 bits per heavy atom. The largest absolute Gasteiger partial charge is 0.297 e. The highest BCUT2D eigenvalue weighted by atomic mass is 19.1. The zero-order valence-electron chi connectivity index (χ0n) is 9.50. The molecule has 0 saturated carbocycles. The van der Waals surface area contributed by atoms with Crippen molar-refractivity contribution in [2.75, 3.05) is 13.1 Å². The maximum absolute atomic E-state index is 13.4. The molecule has 1 aliphatic heterocycles. The van der Waals surface area contributed by atoms with Crippen LogP contribution in [0.15, 0.2) is 18.3 Å². The van der Waals surface area contributed by atoms with Gasteiger partial charge in [0.15, 0.2) is 0 Å². The van der Waals surface area contributed by atoms with Crippen molar-refractivity contribution in [2.45, 2.75) is 32.2 Å². The molecular formula is C12H17FN2. The van der Waals surface area contributed by atoms with Crippen LogP contribution in [0, 0.1) is 5.82 Å². The summed E-state index contributed by atoms with van der Waals surface area (Å²) in [5.41, 5.74) is 0.805. The summed E-state index contributed by atoms with van der Waals surface area (Å²) in [6.07, 6.45) is 1.66. The minimum Gasteiger partial charge on any atom is -0.297 e. The molecule has 2 heterocycles. The van der Waals surface area contributed by atoms with E-state index in [1.165, 1.54) is 6.07 Å². The molecule has 0 amide bonds. The van der Waals surface area contributed by atoms with Gasteiger partial charge in [-0.25, -0.2) is 4.39 Å². The topological polar surface area (TPSA) is 16.1 Å². The van der Waals surface area contributed by atoms with Gasteiger partial charge in [0.25, 0.3) is 0 Å². The summed E-state index contributed by atoms with van der Waals surface area (Å²) in [5.74, 6) is 0.0986. The van der Waals surface area contributed by atoms with Gasteiger partial charge in [-0.2, -0.15) is 0 Å². The minimum absolute atomic E-state index is 0.170. The summed E-state index contributed by atoms with van der Waals surface area (Å²) in [6, 6.07) is 3.13. The molecule has 1 aliphatic rings. The van der Waals surface area contributed by atoms with Gasteiger partial charge in [0.2, 0.25) is 0 Å². The second-order valence-electron chi connectivity index (χ2n) is 5.14. The Hall–Kier alpha value is -0.960. The zero-order valence-corrected chi connectivity index (χ0v) is 9.50. The number of hydrogen-bond donors (Lipinski definition) is 0. The lowest BCUT2D eigenvalue weighted by Crippen LogP contribution is -2.54. The van der Waals surface area contributed by atoms with Crippen LogP contribution in [0.25, 0.3) is 0 Å². The van der Waals surface area contributed by atoms with Crippen molar-refractivity contribution in [3.05, 3.63) is 29.8 Å². The predicted octanol–water partition coefficient (Wildman–Crippen LogP) is 2.42. The van der Waals surface area contributed by atoms with Crippen molar-refractivity contribution in [1.29, 1.82) is 0 Å². The molecule has 0 aliphatic carbocycles. The first-order chi connectivity index (χ1) is 6.98. The van der Waals surface area contributed by atoms with E-state index in [9.17, 15) is 4.39 Å². The fraction of sp³-hybridized carbons (Fsp3) is 0.583. The Morgan fingerprint density at radius 2 is 2.07 bits per heavy atom. The molecule has 1 aromatic heterocycles. The van der Waals surface area contributed by atoms with Gasteiger partial charge in [0, 0.05) is 30.7 Å². The van der Waals surface area contributed by atoms with Gasteiger partial charge < -0.3 is 0 Å². The summed E-state index contributed by atoms with van der Waals surface area (Å²) < 4.78 is 13.4. The second kappa shape index (κ2) is 3.56. The van der Waals surface area contributed by atoms with Crippen LogP contribution in [0.5, 0.6) is 0 Å². The molecule has 82 valence electrons. The molecule has 1 saturated heterocycles. The lowest BCUT2D eigenvalue weighted by molar-refractivity contribution is 0.0442. The van der Waals surface area contributed by atoms with E-state index in [0.717, 1.165) is 13.1 Å². The normalized spacial score (nSPS) is 18.9. The molecule has 3 heteroatoms. The van der Waals surface area contributed by atoms with Crippen LogP contribution < -0.4 is 0 Å². The van der Waals surface area contributed by atoms with Crippen LogP contribution in [0.4, 0.5) is 4.39 Å². The number of nitrogens with zero attached hydrogens (tertiary/aromatic N) is 2. The monoisotopic (exact) mass is 208 g/mol. The number of halogens is 1. The van der Waals surface area contributed by atoms with Gasteiger partial charge in [-0.3, -0.25) is 9.88 Å². The first-order valence-corrected chi connectivity index (χ1v) is 5.34. The fourth-order valence-corrected chi connectivity index (χ4v) is 1.90. The fourth-order valence-electron chi connectivity index (χ4n) is 1.90. The third kappa shape index (κ3) is 2.02. The van der Waals surface area contributed by atoms with Crippen LogP contribution in [-0.4, -0.2) is 28.5 Å². The van der Waals surface area contributed by atoms with Crippen LogP contribution in [0.2, 0.25) is 0 Å². The van der Waals surface area contributed by atoms with Crippen molar-refractivity contribution >= 4 is 0 Å². The summed E-state index contributed by atoms with van der Waals surface area (Å²) in [7, 11) is 0. The highest BCUT2D eigenvalue weighted by Gasteiger charge is 2.36. The molecule has 2 nitrogen and oxygen atoms in total. The van der Waals surface area contributed by atoms with Crippen molar-refractivity contribution in [3.8, 4) is 0 Å². The summed E-state index contributed by atoms with van der Waals surface area (Å²) in [6.45, 7) is 8.36. The Morgan fingerprint density at radius 3 is 2.60 bits per heavy atom. The maximum atomic E-state index is 13.4. The van der Waals surface area contributed by atoms with Crippen molar-refractivity contribution < 1.29 is 4.39 Å². The lowest BCUT2D eigenvalue weighted by atomic mass is 9.89. The maximum Gasteiger partial charge on any atom is 0.145 e. The van der Waals surface area contributed by atoms with Gasteiger partial charge in [0.1, 0.15) is 5.82 Å². The molecule has 0 bridgehead atoms. The molecule has 0 aromatic carbocycles. The first-order valence-electron chi connectivity index (χ1n) is 5.34. The molecular weight excluding hydrogens is 191 g/mol. The summed E-state index contributed by atoms with van der Waals surface area (Å²) in [5, 5.41) is 0. The third-order valence-corrected chi connectivity index (χ3v) is 3.00. The van der Waals surface area contributed by atoms with E-state index in [0.29, 0.717) is 5.69 Å². The number of likely N-dealkylation sites (tertiary alicyclic amines) is 1. The van der Waals surface area contributed by atoms with E-state index < -0.39 is 0 Å². The molecule has 1 aromatic rings. The quantitative estimate of drug-likeness (QED) is 0.704. The Kier molecular flexibility index (Phi) is 2.51. The van der Waals surface area contributed by atoms with E-state index in [2.05, 4.69) is 30.7 Å². The van der Waals surface area contributed by atoms with Crippen LogP contribution in [-0.2, 0) is 0 Å². The summed E-state index contributed by atoms with van der Waals surface area (Å²) >= 11 is 0. The van der Waals surface area contributed by atoms with E-state index in [4.69, 9.17) is 0 Å². The van der Waals surface area contributed by atoms with E-state index in [-0.39, 0.29) is 17.3 Å². The molecule has 0 atom stereocenters. The molecule has 0 unspecified atom stereocenters. The zero-order chi connectivity index (χ0) is 11.1. The first kappa shape index (κ1) is 10.6. The molecule has 0 radical (unpaired) electrons. The van der Waals surface area contributed by atoms with Gasteiger partial charge >= 0.3 is 0 Å². The van der Waals surface area contributed by atoms with Crippen molar-refractivity contribution in [1.82, 2.24) is 9.88 Å². The highest BCUT2D eigenvalue weighted by Crippen LogP contribution is 2.32. The third-order valence-electron chi connectivity index (χ3n) is 3.00. The molecule has 15 heavy (non-hydrogen) atoms. The Labute approximate surface area is 90.1 Å². The number of aromatic nitrogens is 1. The second-order valence-corrected chi connectivity index (χ2v) is 5.14. The van der Waals surface area contributed by atoms with Crippen LogP contribution in [0.1, 0.15) is 32.4 Å². The van der Waals surface area contributed by atoms with Crippen LogP contribution in [0.3, 0.4) is 0 Å². The van der Waals surface area contributed by atoms with Crippen LogP contribution >= 0.6 is 0 Å². The van der Waals surface area contributed by atoms with Gasteiger partial charge in [0.05, 0.1) is 5.69 Å². The number of hydrogen-bond acceptors (Lipinski definition) is 2. The summed E-state index contributed by atoms with van der Waals surface area (Å²) in [4.78, 5) is 6.45. The predicted molar refractivity (Wildman–Crippen MR) is 58.3 cm³/mol. The van der Waals surface area contributed by atoms with Gasteiger partial charge in [-0.1, -0.05) is 0 Å². The highest BCUT2D eigenvalue weighted by molar-refractivity contribution is 5.17. The molecule has 0 N–H and O–H groups in total.